The van der Waals surface area contributed by atoms with Gasteiger partial charge >= 0.3 is 18.1 Å². The van der Waals surface area contributed by atoms with Crippen LogP contribution in [0.25, 0.3) is 0 Å². The maximum atomic E-state index is 13.0. The van der Waals surface area contributed by atoms with Crippen LogP contribution in [0, 0.1) is 0 Å². The van der Waals surface area contributed by atoms with Crippen molar-refractivity contribution in [2.24, 2.45) is 0 Å². The molecule has 0 amide bonds. The van der Waals surface area contributed by atoms with Gasteiger partial charge in [-0.3, -0.25) is 0 Å². The molecule has 6 atom stereocenters. The number of rotatable bonds is 8. The lowest BCUT2D eigenvalue weighted by Crippen LogP contribution is -2.74. The number of ether oxygens (including phenoxy) is 5. The van der Waals surface area contributed by atoms with Gasteiger partial charge in [0.05, 0.1) is 17.6 Å². The topological polar surface area (TPSA) is 161 Å². The summed E-state index contributed by atoms with van der Waals surface area (Å²) in [6.45, 7) is 7.68. The minimum Gasteiger partial charge on any atom is -0.477 e. The normalized spacial score (nSPS) is 28.9. The Balaban J connectivity index is 1.47. The van der Waals surface area contributed by atoms with Crippen LogP contribution in [0.3, 0.4) is 0 Å². The molecule has 3 N–H and O–H groups in total. The van der Waals surface area contributed by atoms with Crippen molar-refractivity contribution in [3.63, 3.8) is 0 Å². The average Bonchev–Trinajstić information content (AvgIpc) is 3.27. The highest BCUT2D eigenvalue weighted by Gasteiger charge is 2.72. The Bertz CT molecular complexity index is 1300. The smallest absolute Gasteiger partial charge is 0.477 e. The van der Waals surface area contributed by atoms with Crippen molar-refractivity contribution < 1.29 is 53.4 Å². The van der Waals surface area contributed by atoms with Crippen molar-refractivity contribution in [2.45, 2.75) is 101 Å². The minimum absolute atomic E-state index is 0.0193. The standard InChI is InChI=1S/C30H39NO11/c1-6-7-14-38-25(34)21(32)22(33)26(35)39-18-10-11-30(37)19-15-16-8-9-17(40-27(36)42-28(2,3)4)23-20(16)29(30,24(18)41-23)12-13-31(19)5/h8-10,19,21-22,24,32-33,37H,6-7,11-15H2,1-5H3/t19-,21-,22-,24+,29+,30-/m1/s1. The number of aliphatic hydroxyl groups is 3. The lowest BCUT2D eigenvalue weighted by molar-refractivity contribution is -0.179. The first kappa shape index (κ1) is 30.3. The first-order valence-corrected chi connectivity index (χ1v) is 14.3. The summed E-state index contributed by atoms with van der Waals surface area (Å²) in [5, 5.41) is 33.0. The molecule has 2 bridgehead atoms. The molecule has 4 aliphatic rings. The van der Waals surface area contributed by atoms with Crippen LogP contribution < -0.4 is 9.47 Å². The first-order chi connectivity index (χ1) is 19.7. The molecule has 0 radical (unpaired) electrons. The Morgan fingerprint density at radius 2 is 1.86 bits per heavy atom. The van der Waals surface area contributed by atoms with Gasteiger partial charge in [0, 0.05) is 18.0 Å². The highest BCUT2D eigenvalue weighted by molar-refractivity contribution is 5.86. The molecule has 12 nitrogen and oxygen atoms in total. The molecule has 1 saturated heterocycles. The molecule has 1 aromatic carbocycles. The second kappa shape index (κ2) is 10.8. The number of piperidine rings is 1. The van der Waals surface area contributed by atoms with Crippen molar-refractivity contribution in [1.82, 2.24) is 4.90 Å². The number of benzene rings is 1. The Kier molecular flexibility index (Phi) is 7.80. The number of hydrogen-bond donors (Lipinski definition) is 3. The summed E-state index contributed by atoms with van der Waals surface area (Å²) < 4.78 is 27.8. The molecule has 5 rings (SSSR count). The van der Waals surface area contributed by atoms with E-state index in [4.69, 9.17) is 23.7 Å². The second-order valence-corrected chi connectivity index (χ2v) is 12.5. The van der Waals surface area contributed by atoms with E-state index < -0.39 is 53.0 Å². The van der Waals surface area contributed by atoms with Gasteiger partial charge < -0.3 is 43.9 Å². The summed E-state index contributed by atoms with van der Waals surface area (Å²) >= 11 is 0. The van der Waals surface area contributed by atoms with Gasteiger partial charge in [-0.05, 0) is 71.3 Å². The Labute approximate surface area is 244 Å². The van der Waals surface area contributed by atoms with E-state index in [1.807, 2.05) is 20.0 Å². The third-order valence-corrected chi connectivity index (χ3v) is 8.66. The Hall–Kier alpha value is -3.19. The number of unbranched alkanes of at least 4 members (excludes halogenated alkanes) is 1. The number of likely N-dealkylation sites (tertiary alicyclic amines) is 1. The van der Waals surface area contributed by atoms with E-state index in [0.717, 1.165) is 12.0 Å². The van der Waals surface area contributed by atoms with Gasteiger partial charge in [0.2, 0.25) is 0 Å². The van der Waals surface area contributed by atoms with E-state index in [0.29, 0.717) is 31.4 Å². The second-order valence-electron chi connectivity index (χ2n) is 12.5. The summed E-state index contributed by atoms with van der Waals surface area (Å²) in [6, 6.07) is 3.19. The summed E-state index contributed by atoms with van der Waals surface area (Å²) in [5.41, 5.74) is -1.58. The third-order valence-electron chi connectivity index (χ3n) is 8.66. The molecular formula is C30H39NO11. The van der Waals surface area contributed by atoms with Gasteiger partial charge in [0.1, 0.15) is 11.4 Å². The highest BCUT2D eigenvalue weighted by Crippen LogP contribution is 2.65. The summed E-state index contributed by atoms with van der Waals surface area (Å²) in [7, 11) is 1.95. The fourth-order valence-electron chi connectivity index (χ4n) is 6.70. The molecule has 1 spiro atoms. The fraction of sp³-hybridized carbons (Fsp3) is 0.633. The zero-order valence-electron chi connectivity index (χ0n) is 24.5. The van der Waals surface area contributed by atoms with Crippen molar-refractivity contribution in [1.29, 1.82) is 0 Å². The van der Waals surface area contributed by atoms with E-state index in [1.54, 1.807) is 26.8 Å². The number of aliphatic hydroxyl groups excluding tert-OH is 2. The molecule has 2 aliphatic carbocycles. The van der Waals surface area contributed by atoms with Gasteiger partial charge in [-0.1, -0.05) is 19.4 Å². The van der Waals surface area contributed by atoms with Gasteiger partial charge in [-0.15, -0.1) is 0 Å². The third kappa shape index (κ3) is 4.83. The molecule has 2 heterocycles. The maximum absolute atomic E-state index is 13.0. The summed E-state index contributed by atoms with van der Waals surface area (Å²) in [4.78, 5) is 39.8. The number of carbonyl (C=O) groups excluding carboxylic acids is 3. The first-order valence-electron chi connectivity index (χ1n) is 14.3. The van der Waals surface area contributed by atoms with E-state index >= 15 is 0 Å². The molecular weight excluding hydrogens is 550 g/mol. The quantitative estimate of drug-likeness (QED) is 0.175. The molecule has 0 unspecified atom stereocenters. The number of likely N-dealkylation sites (N-methyl/N-ethyl adjacent to an activating group) is 1. The summed E-state index contributed by atoms with van der Waals surface area (Å²) in [6.07, 6.45) is -2.37. The molecule has 0 aromatic heterocycles. The van der Waals surface area contributed by atoms with Crippen LogP contribution >= 0.6 is 0 Å². The minimum atomic E-state index is -2.21. The number of esters is 2. The lowest BCUT2D eigenvalue weighted by Gasteiger charge is -2.61. The lowest BCUT2D eigenvalue weighted by atomic mass is 9.50. The molecule has 2 aliphatic heterocycles. The molecule has 230 valence electrons. The zero-order chi connectivity index (χ0) is 30.6. The predicted octanol–water partition coefficient (Wildman–Crippen LogP) is 1.89. The Morgan fingerprint density at radius 3 is 2.55 bits per heavy atom. The molecule has 0 saturated carbocycles. The van der Waals surface area contributed by atoms with Crippen LogP contribution in [0.15, 0.2) is 24.0 Å². The largest absolute Gasteiger partial charge is 0.514 e. The molecule has 42 heavy (non-hydrogen) atoms. The number of nitrogens with zero attached hydrogens (tertiary/aromatic N) is 1. The average molecular weight is 590 g/mol. The summed E-state index contributed by atoms with van der Waals surface area (Å²) in [5.74, 6) is -2.04. The van der Waals surface area contributed by atoms with Crippen molar-refractivity contribution in [3.05, 3.63) is 35.1 Å². The van der Waals surface area contributed by atoms with Crippen LogP contribution in [0.4, 0.5) is 4.79 Å². The van der Waals surface area contributed by atoms with Gasteiger partial charge in [0.15, 0.2) is 29.8 Å². The van der Waals surface area contributed by atoms with Crippen LogP contribution in [-0.4, -0.2) is 94.1 Å². The maximum Gasteiger partial charge on any atom is 0.514 e. The van der Waals surface area contributed by atoms with Crippen LogP contribution in [0.5, 0.6) is 11.5 Å². The predicted molar refractivity (Wildman–Crippen MR) is 146 cm³/mol. The van der Waals surface area contributed by atoms with Gasteiger partial charge in [0.25, 0.3) is 0 Å². The highest BCUT2D eigenvalue weighted by atomic mass is 16.7. The van der Waals surface area contributed by atoms with E-state index in [-0.39, 0.29) is 36.3 Å². The van der Waals surface area contributed by atoms with E-state index in [9.17, 15) is 29.7 Å². The van der Waals surface area contributed by atoms with Crippen molar-refractivity contribution in [2.75, 3.05) is 20.2 Å². The SMILES string of the molecule is CCCCOC(=O)[C@H](O)[C@@H](O)C(=O)OC1=CC[C@@]2(O)[C@H]3Cc4ccc(OC(=O)OC(C)(C)C)c5c4[C@@]2(CCN3C)[C@H]1O5. The van der Waals surface area contributed by atoms with Crippen LogP contribution in [0.2, 0.25) is 0 Å². The molecule has 1 fully saturated rings. The number of carbonyl (C=O) groups is 3. The van der Waals surface area contributed by atoms with Gasteiger partial charge in [-0.2, -0.15) is 0 Å². The molecule has 12 heteroatoms. The van der Waals surface area contributed by atoms with E-state index in [2.05, 4.69) is 4.90 Å². The van der Waals surface area contributed by atoms with E-state index in [1.165, 1.54) is 6.08 Å². The van der Waals surface area contributed by atoms with Gasteiger partial charge in [-0.25, -0.2) is 14.4 Å². The molecule has 1 aromatic rings. The Morgan fingerprint density at radius 1 is 1.14 bits per heavy atom. The zero-order valence-corrected chi connectivity index (χ0v) is 24.5. The van der Waals surface area contributed by atoms with Crippen molar-refractivity contribution in [3.8, 4) is 11.5 Å². The van der Waals surface area contributed by atoms with Crippen molar-refractivity contribution >= 4 is 18.1 Å². The monoisotopic (exact) mass is 589 g/mol. The fourth-order valence-corrected chi connectivity index (χ4v) is 6.70. The van der Waals surface area contributed by atoms with Crippen LogP contribution in [-0.2, 0) is 35.6 Å². The van der Waals surface area contributed by atoms with Crippen LogP contribution in [0.1, 0.15) is 64.5 Å². The number of hydrogen-bond acceptors (Lipinski definition) is 12.